The van der Waals surface area contributed by atoms with Crippen molar-refractivity contribution in [2.45, 2.75) is 59.8 Å². The fraction of sp³-hybridized carbons (Fsp3) is 0.692. The summed E-state index contributed by atoms with van der Waals surface area (Å²) in [5.74, 6) is 4.89. The zero-order chi connectivity index (χ0) is 23.6. The highest BCUT2D eigenvalue weighted by molar-refractivity contribution is 5.35. The van der Waals surface area contributed by atoms with Gasteiger partial charge in [0.05, 0.1) is 6.20 Å². The molecule has 0 radical (unpaired) electrons. The van der Waals surface area contributed by atoms with Gasteiger partial charge in [0.25, 0.3) is 0 Å². The van der Waals surface area contributed by atoms with Gasteiger partial charge in [0.15, 0.2) is 0 Å². The first kappa shape index (κ1) is 23.9. The van der Waals surface area contributed by atoms with Crippen molar-refractivity contribution in [2.24, 2.45) is 23.7 Å². The molecule has 7 nitrogen and oxygen atoms in total. The molecule has 0 spiro atoms. The molecule has 1 saturated heterocycles. The normalized spacial score (nSPS) is 24.9. The summed E-state index contributed by atoms with van der Waals surface area (Å²) in [5.41, 5.74) is 1.37. The van der Waals surface area contributed by atoms with E-state index >= 15 is 0 Å². The maximum Gasteiger partial charge on any atom is 0.221 e. The molecule has 1 aliphatic heterocycles. The Bertz CT molecular complexity index is 924. The number of anilines is 1. The van der Waals surface area contributed by atoms with Crippen LogP contribution in [0, 0.1) is 23.7 Å². The van der Waals surface area contributed by atoms with E-state index in [9.17, 15) is 0 Å². The quantitative estimate of drug-likeness (QED) is 0.603. The smallest absolute Gasteiger partial charge is 0.221 e. The van der Waals surface area contributed by atoms with Gasteiger partial charge in [-0.05, 0) is 37.0 Å². The molecule has 3 heterocycles. The van der Waals surface area contributed by atoms with Crippen LogP contribution in [0.4, 0.5) is 5.82 Å². The van der Waals surface area contributed by atoms with E-state index in [2.05, 4.69) is 77.6 Å². The van der Waals surface area contributed by atoms with Crippen LogP contribution in [0.25, 0.3) is 0 Å². The second-order valence-corrected chi connectivity index (χ2v) is 11.2. The maximum atomic E-state index is 6.02. The maximum absolute atomic E-state index is 6.02. The van der Waals surface area contributed by atoms with Gasteiger partial charge in [0.1, 0.15) is 5.82 Å². The van der Waals surface area contributed by atoms with E-state index in [1.54, 1.807) is 12.4 Å². The molecule has 3 atom stereocenters. The number of rotatable bonds is 6. The molecule has 180 valence electrons. The van der Waals surface area contributed by atoms with Crippen molar-refractivity contribution in [3.8, 4) is 0 Å². The van der Waals surface area contributed by atoms with Gasteiger partial charge < -0.3 is 9.32 Å². The molecule has 1 fully saturated rings. The molecule has 0 bridgehead atoms. The molecule has 2 aromatic heterocycles. The zero-order valence-corrected chi connectivity index (χ0v) is 21.2. The highest BCUT2D eigenvalue weighted by atomic mass is 16.4. The van der Waals surface area contributed by atoms with Gasteiger partial charge in [0.2, 0.25) is 11.8 Å². The average Bonchev–Trinajstić information content (AvgIpc) is 3.26. The van der Waals surface area contributed by atoms with Crippen molar-refractivity contribution in [1.82, 2.24) is 25.1 Å². The minimum atomic E-state index is -0.106. The minimum Gasteiger partial charge on any atom is -0.425 e. The number of allylic oxidation sites excluding steroid dienone is 1. The Kier molecular flexibility index (Phi) is 7.17. The van der Waals surface area contributed by atoms with E-state index in [1.165, 1.54) is 12.0 Å². The molecule has 2 aromatic rings. The molecule has 0 N–H and O–H groups in total. The van der Waals surface area contributed by atoms with E-state index in [0.717, 1.165) is 56.7 Å². The molecule has 0 aromatic carbocycles. The Morgan fingerprint density at radius 3 is 2.45 bits per heavy atom. The first-order valence-corrected chi connectivity index (χ1v) is 12.4. The number of hydrogen-bond donors (Lipinski definition) is 0. The molecule has 4 rings (SSSR count). The van der Waals surface area contributed by atoms with Crippen molar-refractivity contribution in [3.05, 3.63) is 42.0 Å². The Balaban J connectivity index is 1.38. The van der Waals surface area contributed by atoms with Crippen LogP contribution in [-0.4, -0.2) is 57.8 Å². The predicted octanol–water partition coefficient (Wildman–Crippen LogP) is 4.38. The molecule has 7 heteroatoms. The topological polar surface area (TPSA) is 71.2 Å². The van der Waals surface area contributed by atoms with Crippen LogP contribution >= 0.6 is 0 Å². The van der Waals surface area contributed by atoms with Gasteiger partial charge in [0, 0.05) is 57.0 Å². The van der Waals surface area contributed by atoms with Crippen LogP contribution in [-0.2, 0) is 11.8 Å². The lowest BCUT2D eigenvalue weighted by atomic mass is 9.69. The van der Waals surface area contributed by atoms with E-state index in [-0.39, 0.29) is 5.41 Å². The fourth-order valence-corrected chi connectivity index (χ4v) is 5.25. The largest absolute Gasteiger partial charge is 0.425 e. The first-order chi connectivity index (χ1) is 15.7. The highest BCUT2D eigenvalue weighted by Crippen LogP contribution is 2.39. The Morgan fingerprint density at radius 2 is 1.85 bits per heavy atom. The summed E-state index contributed by atoms with van der Waals surface area (Å²) >= 11 is 0. The van der Waals surface area contributed by atoms with Crippen LogP contribution in [0.15, 0.2) is 34.7 Å². The van der Waals surface area contributed by atoms with Crippen molar-refractivity contribution in [2.75, 3.05) is 37.6 Å². The van der Waals surface area contributed by atoms with Gasteiger partial charge in [-0.2, -0.15) is 0 Å². The fourth-order valence-electron chi connectivity index (χ4n) is 5.25. The minimum absolute atomic E-state index is 0.106. The van der Waals surface area contributed by atoms with Crippen molar-refractivity contribution >= 4 is 5.82 Å². The van der Waals surface area contributed by atoms with Crippen LogP contribution in [0.1, 0.15) is 59.7 Å². The van der Waals surface area contributed by atoms with Crippen molar-refractivity contribution < 1.29 is 4.42 Å². The second kappa shape index (κ2) is 9.92. The van der Waals surface area contributed by atoms with E-state index in [4.69, 9.17) is 4.42 Å². The summed E-state index contributed by atoms with van der Waals surface area (Å²) in [7, 11) is 0. The summed E-state index contributed by atoms with van der Waals surface area (Å²) in [6.45, 7) is 18.7. The van der Waals surface area contributed by atoms with Gasteiger partial charge in [-0.15, -0.1) is 10.2 Å². The second-order valence-electron chi connectivity index (χ2n) is 11.2. The molecule has 0 unspecified atom stereocenters. The third-order valence-electron chi connectivity index (χ3n) is 7.33. The summed E-state index contributed by atoms with van der Waals surface area (Å²) in [6, 6.07) is 0. The first-order valence-electron chi connectivity index (χ1n) is 12.4. The van der Waals surface area contributed by atoms with E-state index in [1.807, 2.05) is 6.20 Å². The lowest BCUT2D eigenvalue weighted by Crippen LogP contribution is -2.49. The van der Waals surface area contributed by atoms with Gasteiger partial charge in [-0.25, -0.2) is 4.98 Å². The summed E-state index contributed by atoms with van der Waals surface area (Å²) < 4.78 is 6.02. The average molecular weight is 453 g/mol. The monoisotopic (exact) mass is 452 g/mol. The van der Waals surface area contributed by atoms with Crippen molar-refractivity contribution in [3.63, 3.8) is 0 Å². The SMILES string of the molecule is CC1=C[C@@H](CN2CCN(c3cnccn3)CC2)[C@H](C(C)C)C[C@H]1Cc1nnc(C(C)(C)C)o1. The number of piperazine rings is 1. The molecule has 0 saturated carbocycles. The van der Waals surface area contributed by atoms with E-state index in [0.29, 0.717) is 23.7 Å². The standard InChI is InChI=1S/C26H40N6O/c1-18(2)22-14-20(15-24-29-30-25(33-24)26(4,5)6)19(3)13-21(22)17-31-9-11-32(12-10-31)23-16-27-7-8-28-23/h7-8,13,16,18,20-22H,9-12,14-15,17H2,1-6H3/t20-,21-,22-/m0/s1. The van der Waals surface area contributed by atoms with Crippen LogP contribution in [0.2, 0.25) is 0 Å². The van der Waals surface area contributed by atoms with Crippen LogP contribution < -0.4 is 4.90 Å². The van der Waals surface area contributed by atoms with Gasteiger partial charge in [-0.1, -0.05) is 46.3 Å². The summed E-state index contributed by atoms with van der Waals surface area (Å²) in [5, 5.41) is 8.66. The third kappa shape index (κ3) is 5.81. The van der Waals surface area contributed by atoms with Gasteiger partial charge in [-0.3, -0.25) is 9.88 Å². The number of aromatic nitrogens is 4. The Morgan fingerprint density at radius 1 is 1.09 bits per heavy atom. The van der Waals surface area contributed by atoms with E-state index < -0.39 is 0 Å². The number of nitrogens with zero attached hydrogens (tertiary/aromatic N) is 6. The van der Waals surface area contributed by atoms with Crippen molar-refractivity contribution in [1.29, 1.82) is 0 Å². The molecule has 2 aliphatic rings. The number of hydrogen-bond acceptors (Lipinski definition) is 7. The Hall–Kier alpha value is -2.28. The highest BCUT2D eigenvalue weighted by Gasteiger charge is 2.34. The molecular formula is C26H40N6O. The molecule has 33 heavy (non-hydrogen) atoms. The van der Waals surface area contributed by atoms with Gasteiger partial charge >= 0.3 is 0 Å². The zero-order valence-electron chi connectivity index (χ0n) is 21.2. The molecular weight excluding hydrogens is 412 g/mol. The van der Waals surface area contributed by atoms with Crippen LogP contribution in [0.5, 0.6) is 0 Å². The lowest BCUT2D eigenvalue weighted by molar-refractivity contribution is 0.154. The summed E-state index contributed by atoms with van der Waals surface area (Å²) in [6.07, 6.45) is 9.97. The predicted molar refractivity (Wildman–Crippen MR) is 131 cm³/mol. The molecule has 0 amide bonds. The Labute approximate surface area is 198 Å². The summed E-state index contributed by atoms with van der Waals surface area (Å²) in [4.78, 5) is 13.7. The van der Waals surface area contributed by atoms with Crippen LogP contribution in [0.3, 0.4) is 0 Å². The lowest BCUT2D eigenvalue weighted by Gasteiger charge is -2.41. The third-order valence-corrected chi connectivity index (χ3v) is 7.33. The molecule has 1 aliphatic carbocycles.